The average molecular weight is 300 g/mol. The van der Waals surface area contributed by atoms with E-state index in [-0.39, 0.29) is 0 Å². The molecular formula is C20H28O2. The molecule has 0 atom stereocenters. The Morgan fingerprint density at radius 2 is 1.86 bits per heavy atom. The van der Waals surface area contributed by atoms with Gasteiger partial charge in [-0.1, -0.05) is 43.2 Å². The molecule has 1 aromatic carbocycles. The molecule has 0 N–H and O–H groups in total. The summed E-state index contributed by atoms with van der Waals surface area (Å²) in [6.45, 7) is 7.04. The largest absolute Gasteiger partial charge is 0.454 e. The maximum absolute atomic E-state index is 5.43. The van der Waals surface area contributed by atoms with Crippen molar-refractivity contribution in [1.82, 2.24) is 0 Å². The summed E-state index contributed by atoms with van der Waals surface area (Å²) in [4.78, 5) is 0. The molecule has 0 spiro atoms. The summed E-state index contributed by atoms with van der Waals surface area (Å²) in [6.07, 6.45) is 11.6. The van der Waals surface area contributed by atoms with E-state index in [4.69, 9.17) is 9.47 Å². The quantitative estimate of drug-likeness (QED) is 0.563. The molecular weight excluding hydrogens is 272 g/mol. The second kappa shape index (κ2) is 8.67. The fraction of sp³-hybridized carbons (Fsp3) is 0.500. The number of hydrogen-bond acceptors (Lipinski definition) is 2. The van der Waals surface area contributed by atoms with Crippen molar-refractivity contribution in [3.8, 4) is 11.5 Å². The highest BCUT2D eigenvalue weighted by atomic mass is 16.7. The smallest absolute Gasteiger partial charge is 0.231 e. The van der Waals surface area contributed by atoms with Gasteiger partial charge in [0.15, 0.2) is 11.5 Å². The number of rotatable bonds is 8. The van der Waals surface area contributed by atoms with E-state index in [1.165, 1.54) is 24.0 Å². The van der Waals surface area contributed by atoms with Gasteiger partial charge in [-0.3, -0.25) is 0 Å². The monoisotopic (exact) mass is 300 g/mol. The van der Waals surface area contributed by atoms with E-state index in [9.17, 15) is 0 Å². The van der Waals surface area contributed by atoms with Crippen LogP contribution in [-0.4, -0.2) is 6.79 Å². The lowest BCUT2D eigenvalue weighted by atomic mass is 10.0. The fourth-order valence-electron chi connectivity index (χ4n) is 2.61. The summed E-state index contributed by atoms with van der Waals surface area (Å²) in [7, 11) is 0. The lowest BCUT2D eigenvalue weighted by Crippen LogP contribution is -1.93. The van der Waals surface area contributed by atoms with Crippen LogP contribution in [0.2, 0.25) is 0 Å². The molecule has 120 valence electrons. The minimum absolute atomic E-state index is 0.351. The first-order chi connectivity index (χ1) is 10.7. The standard InChI is InChI=1S/C20H28O2/c1-4-16(3)8-6-9-17(5-2)10-7-11-18-12-13-19-20(14-18)22-15-21-19/h8,10,12-14H,4-7,9,11,15H2,1-3H3/b16-8+,17-10+. The van der Waals surface area contributed by atoms with Gasteiger partial charge in [0.05, 0.1) is 0 Å². The molecule has 0 saturated carbocycles. The van der Waals surface area contributed by atoms with Crippen molar-refractivity contribution < 1.29 is 9.47 Å². The molecule has 0 fully saturated rings. The average Bonchev–Trinajstić information content (AvgIpc) is 3.00. The predicted octanol–water partition coefficient (Wildman–Crippen LogP) is 5.82. The van der Waals surface area contributed by atoms with Crippen LogP contribution in [-0.2, 0) is 6.42 Å². The Morgan fingerprint density at radius 3 is 2.64 bits per heavy atom. The summed E-state index contributed by atoms with van der Waals surface area (Å²) in [6, 6.07) is 6.26. The van der Waals surface area contributed by atoms with Crippen molar-refractivity contribution in [2.75, 3.05) is 6.79 Å². The lowest BCUT2D eigenvalue weighted by molar-refractivity contribution is 0.174. The van der Waals surface area contributed by atoms with Gasteiger partial charge >= 0.3 is 0 Å². The predicted molar refractivity (Wildman–Crippen MR) is 92.5 cm³/mol. The van der Waals surface area contributed by atoms with E-state index in [1.54, 1.807) is 5.57 Å². The Balaban J connectivity index is 1.82. The molecule has 2 nitrogen and oxygen atoms in total. The van der Waals surface area contributed by atoms with Crippen molar-refractivity contribution in [1.29, 1.82) is 0 Å². The third kappa shape index (κ3) is 4.94. The van der Waals surface area contributed by atoms with Crippen LogP contribution in [0.3, 0.4) is 0 Å². The second-order valence-electron chi connectivity index (χ2n) is 5.88. The summed E-state index contributed by atoms with van der Waals surface area (Å²) >= 11 is 0. The Bertz CT molecular complexity index is 541. The molecule has 0 aromatic heterocycles. The van der Waals surface area contributed by atoms with Crippen LogP contribution in [0.15, 0.2) is 41.5 Å². The number of aryl methyl sites for hydroxylation is 1. The van der Waals surface area contributed by atoms with Crippen molar-refractivity contribution in [3.05, 3.63) is 47.1 Å². The Morgan fingerprint density at radius 1 is 1.05 bits per heavy atom. The molecule has 0 amide bonds. The highest BCUT2D eigenvalue weighted by molar-refractivity contribution is 5.44. The van der Waals surface area contributed by atoms with Gasteiger partial charge in [-0.15, -0.1) is 0 Å². The van der Waals surface area contributed by atoms with Gasteiger partial charge < -0.3 is 9.47 Å². The van der Waals surface area contributed by atoms with Crippen LogP contribution in [0.4, 0.5) is 0 Å². The maximum Gasteiger partial charge on any atom is 0.231 e. The number of ether oxygens (including phenoxy) is 2. The van der Waals surface area contributed by atoms with Crippen LogP contribution in [0.5, 0.6) is 11.5 Å². The van der Waals surface area contributed by atoms with E-state index >= 15 is 0 Å². The highest BCUT2D eigenvalue weighted by Crippen LogP contribution is 2.32. The molecule has 0 saturated heterocycles. The molecule has 0 unspecified atom stereocenters. The van der Waals surface area contributed by atoms with Gasteiger partial charge in [-0.2, -0.15) is 0 Å². The number of fused-ring (bicyclic) bond motifs is 1. The summed E-state index contributed by atoms with van der Waals surface area (Å²) in [5.41, 5.74) is 4.38. The zero-order valence-electron chi connectivity index (χ0n) is 14.2. The Kier molecular flexibility index (Phi) is 6.57. The van der Waals surface area contributed by atoms with Gasteiger partial charge in [0.2, 0.25) is 6.79 Å². The molecule has 1 aromatic rings. The van der Waals surface area contributed by atoms with Gasteiger partial charge in [0.25, 0.3) is 0 Å². The van der Waals surface area contributed by atoms with Gasteiger partial charge in [0.1, 0.15) is 0 Å². The molecule has 2 rings (SSSR count). The van der Waals surface area contributed by atoms with E-state index < -0.39 is 0 Å². The molecule has 2 heteroatoms. The molecule has 1 aliphatic rings. The van der Waals surface area contributed by atoms with E-state index in [1.807, 2.05) is 6.07 Å². The van der Waals surface area contributed by atoms with Gasteiger partial charge in [0, 0.05) is 0 Å². The first kappa shape index (κ1) is 16.7. The minimum Gasteiger partial charge on any atom is -0.454 e. The van der Waals surface area contributed by atoms with Gasteiger partial charge in [-0.25, -0.2) is 0 Å². The summed E-state index contributed by atoms with van der Waals surface area (Å²) in [5, 5.41) is 0. The highest BCUT2D eigenvalue weighted by Gasteiger charge is 2.12. The minimum atomic E-state index is 0.351. The normalized spacial score (nSPS) is 14.5. The summed E-state index contributed by atoms with van der Waals surface area (Å²) < 4.78 is 10.8. The lowest BCUT2D eigenvalue weighted by Gasteiger charge is -2.05. The van der Waals surface area contributed by atoms with Crippen LogP contribution < -0.4 is 9.47 Å². The van der Waals surface area contributed by atoms with Crippen LogP contribution in [0, 0.1) is 0 Å². The third-order valence-electron chi connectivity index (χ3n) is 4.27. The SMILES string of the molecule is CC/C(C)=C/CC/C(=C/CCc1ccc2c(c1)OCO2)CC. The molecule has 0 bridgehead atoms. The zero-order valence-corrected chi connectivity index (χ0v) is 14.2. The van der Waals surface area contributed by atoms with Crippen LogP contribution in [0.25, 0.3) is 0 Å². The van der Waals surface area contributed by atoms with Crippen LogP contribution >= 0.6 is 0 Å². The Hall–Kier alpha value is -1.70. The molecule has 1 heterocycles. The Labute approximate surface area is 134 Å². The number of benzene rings is 1. The third-order valence-corrected chi connectivity index (χ3v) is 4.27. The van der Waals surface area contributed by atoms with E-state index in [0.29, 0.717) is 6.79 Å². The fourth-order valence-corrected chi connectivity index (χ4v) is 2.61. The molecule has 1 aliphatic heterocycles. The van der Waals surface area contributed by atoms with Crippen molar-refractivity contribution >= 4 is 0 Å². The number of allylic oxidation sites excluding steroid dienone is 4. The molecule has 22 heavy (non-hydrogen) atoms. The topological polar surface area (TPSA) is 18.5 Å². The van der Waals surface area contributed by atoms with E-state index in [0.717, 1.165) is 37.2 Å². The summed E-state index contributed by atoms with van der Waals surface area (Å²) in [5.74, 6) is 1.75. The van der Waals surface area contributed by atoms with Gasteiger partial charge in [-0.05, 0) is 63.1 Å². The van der Waals surface area contributed by atoms with Crippen LogP contribution in [0.1, 0.15) is 58.4 Å². The zero-order chi connectivity index (χ0) is 15.8. The molecule has 0 radical (unpaired) electrons. The van der Waals surface area contributed by atoms with E-state index in [2.05, 4.69) is 45.1 Å². The second-order valence-corrected chi connectivity index (χ2v) is 5.88. The first-order valence-electron chi connectivity index (χ1n) is 8.45. The van der Waals surface area contributed by atoms with Crippen molar-refractivity contribution in [2.24, 2.45) is 0 Å². The molecule has 0 aliphatic carbocycles. The number of hydrogen-bond donors (Lipinski definition) is 0. The van der Waals surface area contributed by atoms with Crippen molar-refractivity contribution in [3.63, 3.8) is 0 Å². The maximum atomic E-state index is 5.43. The first-order valence-corrected chi connectivity index (χ1v) is 8.45. The van der Waals surface area contributed by atoms with Crippen molar-refractivity contribution in [2.45, 2.75) is 59.3 Å².